The first kappa shape index (κ1) is 15.6. The topological polar surface area (TPSA) is 66.6 Å². The Bertz CT molecular complexity index is 657. The Hall–Kier alpha value is -1.88. The number of nitrogens with zero attached hydrogens (tertiary/aromatic N) is 2. The number of hydrogen-bond acceptors (Lipinski definition) is 3. The summed E-state index contributed by atoms with van der Waals surface area (Å²) in [6.07, 6.45) is 2.54. The molecule has 4 unspecified atom stereocenters. The molecule has 3 fully saturated rings. The Morgan fingerprint density at radius 1 is 1.12 bits per heavy atom. The van der Waals surface area contributed by atoms with Crippen LogP contribution in [0.3, 0.4) is 0 Å². The van der Waals surface area contributed by atoms with Gasteiger partial charge in [0.25, 0.3) is 0 Å². The summed E-state index contributed by atoms with van der Waals surface area (Å²) in [5, 5.41) is 0. The number of carbonyl (C=O) groups is 2. The van der Waals surface area contributed by atoms with Gasteiger partial charge in [0.1, 0.15) is 0 Å². The second kappa shape index (κ2) is 5.88. The maximum Gasteiger partial charge on any atom is 0.228 e. The molecule has 2 saturated heterocycles. The molecule has 0 bridgehead atoms. The van der Waals surface area contributed by atoms with E-state index in [2.05, 4.69) is 0 Å². The smallest absolute Gasteiger partial charge is 0.228 e. The molecular formula is C19H25N3O2. The second-order valence-electron chi connectivity index (χ2n) is 7.65. The van der Waals surface area contributed by atoms with Crippen molar-refractivity contribution < 1.29 is 9.59 Å². The third-order valence-electron chi connectivity index (χ3n) is 6.04. The Morgan fingerprint density at radius 3 is 2.58 bits per heavy atom. The number of aryl methyl sites for hydroxylation is 1. The van der Waals surface area contributed by atoms with Gasteiger partial charge in [-0.15, -0.1) is 0 Å². The van der Waals surface area contributed by atoms with Gasteiger partial charge in [0.05, 0.1) is 5.92 Å². The van der Waals surface area contributed by atoms with Gasteiger partial charge in [0, 0.05) is 37.8 Å². The number of anilines is 1. The summed E-state index contributed by atoms with van der Waals surface area (Å²) in [6, 6.07) is 8.16. The Labute approximate surface area is 142 Å². The van der Waals surface area contributed by atoms with Crippen molar-refractivity contribution in [2.75, 3.05) is 24.5 Å². The lowest BCUT2D eigenvalue weighted by Gasteiger charge is -2.22. The zero-order valence-electron chi connectivity index (χ0n) is 14.1. The first-order valence-corrected chi connectivity index (χ1v) is 8.94. The van der Waals surface area contributed by atoms with Crippen LogP contribution in [0.1, 0.15) is 24.8 Å². The molecular weight excluding hydrogens is 302 g/mol. The molecule has 0 aromatic heterocycles. The van der Waals surface area contributed by atoms with Crippen LogP contribution in [0.15, 0.2) is 24.3 Å². The largest absolute Gasteiger partial charge is 0.342 e. The highest BCUT2D eigenvalue weighted by Crippen LogP contribution is 2.38. The third-order valence-corrected chi connectivity index (χ3v) is 6.04. The van der Waals surface area contributed by atoms with Gasteiger partial charge in [-0.1, -0.05) is 17.7 Å². The van der Waals surface area contributed by atoms with E-state index in [-0.39, 0.29) is 23.8 Å². The van der Waals surface area contributed by atoms with Crippen molar-refractivity contribution in [1.82, 2.24) is 4.90 Å². The van der Waals surface area contributed by atoms with Crippen molar-refractivity contribution >= 4 is 17.5 Å². The minimum Gasteiger partial charge on any atom is -0.342 e. The number of fused-ring (bicyclic) bond motifs is 1. The number of benzene rings is 1. The van der Waals surface area contributed by atoms with E-state index < -0.39 is 0 Å². The number of rotatable bonds is 2. The molecule has 2 heterocycles. The highest BCUT2D eigenvalue weighted by atomic mass is 16.2. The predicted octanol–water partition coefficient (Wildman–Crippen LogP) is 1.54. The zero-order chi connectivity index (χ0) is 16.8. The lowest BCUT2D eigenvalue weighted by molar-refractivity contribution is -0.135. The van der Waals surface area contributed by atoms with Crippen molar-refractivity contribution in [2.24, 2.45) is 23.5 Å². The van der Waals surface area contributed by atoms with E-state index in [4.69, 9.17) is 5.73 Å². The minimum absolute atomic E-state index is 0.0493. The molecule has 2 aliphatic heterocycles. The standard InChI is InChI=1S/C19H25N3O2/c1-12-2-5-15(6-3-12)22-10-14(8-18(22)23)19(24)21-9-13-4-7-17(20)16(13)11-21/h2-3,5-6,13-14,16-17H,4,7-11,20H2,1H3. The summed E-state index contributed by atoms with van der Waals surface area (Å²) < 4.78 is 0. The zero-order valence-corrected chi connectivity index (χ0v) is 14.1. The van der Waals surface area contributed by atoms with Gasteiger partial charge in [0.15, 0.2) is 0 Å². The van der Waals surface area contributed by atoms with E-state index in [9.17, 15) is 9.59 Å². The summed E-state index contributed by atoms with van der Waals surface area (Å²) in [5.41, 5.74) is 8.22. The Kier molecular flexibility index (Phi) is 3.83. The number of carbonyl (C=O) groups excluding carboxylic acids is 2. The molecule has 1 aliphatic carbocycles. The van der Waals surface area contributed by atoms with E-state index in [0.717, 1.165) is 37.2 Å². The van der Waals surface area contributed by atoms with Crippen LogP contribution >= 0.6 is 0 Å². The number of amides is 2. The van der Waals surface area contributed by atoms with E-state index in [1.165, 1.54) is 0 Å². The number of hydrogen-bond donors (Lipinski definition) is 1. The Morgan fingerprint density at radius 2 is 1.88 bits per heavy atom. The lowest BCUT2D eigenvalue weighted by Crippen LogP contribution is -2.38. The van der Waals surface area contributed by atoms with Crippen molar-refractivity contribution in [3.8, 4) is 0 Å². The molecule has 4 atom stereocenters. The molecule has 128 valence electrons. The van der Waals surface area contributed by atoms with Crippen LogP contribution in [-0.4, -0.2) is 42.4 Å². The van der Waals surface area contributed by atoms with Crippen molar-refractivity contribution in [3.63, 3.8) is 0 Å². The molecule has 0 spiro atoms. The molecule has 5 nitrogen and oxygen atoms in total. The second-order valence-corrected chi connectivity index (χ2v) is 7.65. The van der Waals surface area contributed by atoms with Crippen LogP contribution in [0.2, 0.25) is 0 Å². The van der Waals surface area contributed by atoms with Gasteiger partial charge in [0.2, 0.25) is 11.8 Å². The minimum atomic E-state index is -0.214. The SMILES string of the molecule is Cc1ccc(N2CC(C(=O)N3CC4CCC(N)C4C3)CC2=O)cc1. The average Bonchev–Trinajstić information content (AvgIpc) is 3.24. The maximum absolute atomic E-state index is 12.9. The highest BCUT2D eigenvalue weighted by molar-refractivity contribution is 6.00. The van der Waals surface area contributed by atoms with Crippen LogP contribution in [0.5, 0.6) is 0 Å². The molecule has 1 aromatic rings. The summed E-state index contributed by atoms with van der Waals surface area (Å²) in [5.74, 6) is 0.996. The lowest BCUT2D eigenvalue weighted by atomic mass is 9.98. The van der Waals surface area contributed by atoms with Gasteiger partial charge in [-0.05, 0) is 43.7 Å². The fourth-order valence-corrected chi connectivity index (χ4v) is 4.59. The monoisotopic (exact) mass is 327 g/mol. The number of nitrogens with two attached hydrogens (primary N) is 1. The Balaban J connectivity index is 1.43. The molecule has 24 heavy (non-hydrogen) atoms. The molecule has 2 amide bonds. The summed E-state index contributed by atoms with van der Waals surface area (Å²) >= 11 is 0. The fraction of sp³-hybridized carbons (Fsp3) is 0.579. The van der Waals surface area contributed by atoms with Gasteiger partial charge >= 0.3 is 0 Å². The van der Waals surface area contributed by atoms with Crippen LogP contribution in [0, 0.1) is 24.7 Å². The molecule has 2 N–H and O–H groups in total. The van der Waals surface area contributed by atoms with Gasteiger partial charge in [-0.2, -0.15) is 0 Å². The summed E-state index contributed by atoms with van der Waals surface area (Å²) in [7, 11) is 0. The normalized spacial score (nSPS) is 32.5. The molecule has 5 heteroatoms. The van der Waals surface area contributed by atoms with Crippen LogP contribution < -0.4 is 10.6 Å². The van der Waals surface area contributed by atoms with Crippen molar-refractivity contribution in [2.45, 2.75) is 32.2 Å². The quantitative estimate of drug-likeness (QED) is 0.896. The van der Waals surface area contributed by atoms with Crippen LogP contribution in [0.25, 0.3) is 0 Å². The molecule has 1 saturated carbocycles. The van der Waals surface area contributed by atoms with Gasteiger partial charge in [-0.3, -0.25) is 9.59 Å². The van der Waals surface area contributed by atoms with E-state index in [1.807, 2.05) is 36.1 Å². The molecule has 0 radical (unpaired) electrons. The molecule has 1 aromatic carbocycles. The molecule has 3 aliphatic rings. The fourth-order valence-electron chi connectivity index (χ4n) is 4.59. The van der Waals surface area contributed by atoms with Crippen molar-refractivity contribution in [1.29, 1.82) is 0 Å². The average molecular weight is 327 g/mol. The van der Waals surface area contributed by atoms with E-state index >= 15 is 0 Å². The first-order chi connectivity index (χ1) is 11.5. The number of likely N-dealkylation sites (tertiary alicyclic amines) is 1. The first-order valence-electron chi connectivity index (χ1n) is 8.94. The predicted molar refractivity (Wildman–Crippen MR) is 92.4 cm³/mol. The van der Waals surface area contributed by atoms with E-state index in [1.54, 1.807) is 4.90 Å². The van der Waals surface area contributed by atoms with Crippen LogP contribution in [0.4, 0.5) is 5.69 Å². The van der Waals surface area contributed by atoms with E-state index in [0.29, 0.717) is 24.8 Å². The molecule has 4 rings (SSSR count). The highest BCUT2D eigenvalue weighted by Gasteiger charge is 2.45. The maximum atomic E-state index is 12.9. The van der Waals surface area contributed by atoms with Gasteiger partial charge < -0.3 is 15.5 Å². The summed E-state index contributed by atoms with van der Waals surface area (Å²) in [4.78, 5) is 29.0. The third kappa shape index (κ3) is 2.61. The van der Waals surface area contributed by atoms with Gasteiger partial charge in [-0.25, -0.2) is 0 Å². The van der Waals surface area contributed by atoms with Crippen LogP contribution in [-0.2, 0) is 9.59 Å². The summed E-state index contributed by atoms with van der Waals surface area (Å²) in [6.45, 7) is 4.13. The van der Waals surface area contributed by atoms with Crippen molar-refractivity contribution in [3.05, 3.63) is 29.8 Å².